The molecule has 0 amide bonds. The van der Waals surface area contributed by atoms with E-state index in [1.54, 1.807) is 11.3 Å². The van der Waals surface area contributed by atoms with Crippen molar-refractivity contribution in [3.05, 3.63) is 68.1 Å². The van der Waals surface area contributed by atoms with Crippen molar-refractivity contribution in [3.8, 4) is 0 Å². The summed E-state index contributed by atoms with van der Waals surface area (Å²) in [7, 11) is 1.47. The molecule has 0 aliphatic carbocycles. The zero-order valence-electron chi connectivity index (χ0n) is 16.4. The van der Waals surface area contributed by atoms with Gasteiger partial charge in [0.15, 0.2) is 5.65 Å². The second-order valence-electron chi connectivity index (χ2n) is 7.62. The number of pyridine rings is 1. The molecule has 9 heteroatoms. The number of halogens is 1. The third kappa shape index (κ3) is 3.23. The second-order valence-corrected chi connectivity index (χ2v) is 8.73. The van der Waals surface area contributed by atoms with Gasteiger partial charge in [0.05, 0.1) is 28.5 Å². The Morgan fingerprint density at radius 3 is 2.70 bits per heavy atom. The molecule has 5 rings (SSSR count). The molecule has 1 aliphatic rings. The van der Waals surface area contributed by atoms with Crippen molar-refractivity contribution in [3.63, 3.8) is 0 Å². The van der Waals surface area contributed by atoms with E-state index < -0.39 is 16.9 Å². The SMILES string of the molecule is Cn1c(=O)c(=O)n(C2CCN(Cc3nc4ccccc4s3)CC2)c2ncc(F)cc21. The van der Waals surface area contributed by atoms with Crippen LogP contribution in [-0.4, -0.2) is 37.1 Å². The van der Waals surface area contributed by atoms with E-state index in [4.69, 9.17) is 4.98 Å². The summed E-state index contributed by atoms with van der Waals surface area (Å²) in [6.07, 6.45) is 2.52. The molecule has 1 fully saturated rings. The molecule has 154 valence electrons. The lowest BCUT2D eigenvalue weighted by molar-refractivity contribution is 0.179. The minimum absolute atomic E-state index is 0.140. The maximum atomic E-state index is 13.7. The van der Waals surface area contributed by atoms with Crippen molar-refractivity contribution in [1.82, 2.24) is 24.0 Å². The van der Waals surface area contributed by atoms with Gasteiger partial charge in [0, 0.05) is 32.2 Å². The number of aryl methyl sites for hydroxylation is 1. The number of para-hydroxylation sites is 1. The van der Waals surface area contributed by atoms with Crippen LogP contribution in [0.2, 0.25) is 0 Å². The van der Waals surface area contributed by atoms with Crippen molar-refractivity contribution in [2.45, 2.75) is 25.4 Å². The molecule has 7 nitrogen and oxygen atoms in total. The second kappa shape index (κ2) is 7.41. The standard InChI is InChI=1S/C21H20FN5O2S/c1-25-16-10-13(22)11-23-19(16)27(21(29)20(25)28)14-6-8-26(9-7-14)12-18-24-15-4-2-3-5-17(15)30-18/h2-5,10-11,14H,6-9,12H2,1H3. The van der Waals surface area contributed by atoms with Gasteiger partial charge in [-0.2, -0.15) is 0 Å². The minimum Gasteiger partial charge on any atom is -0.304 e. The zero-order valence-corrected chi connectivity index (χ0v) is 17.2. The highest BCUT2D eigenvalue weighted by Crippen LogP contribution is 2.27. The summed E-state index contributed by atoms with van der Waals surface area (Å²) in [5.41, 5.74) is 0.439. The van der Waals surface area contributed by atoms with Gasteiger partial charge in [0.1, 0.15) is 10.8 Å². The van der Waals surface area contributed by atoms with Gasteiger partial charge in [-0.3, -0.25) is 19.1 Å². The maximum Gasteiger partial charge on any atom is 0.318 e. The van der Waals surface area contributed by atoms with E-state index in [2.05, 4.69) is 16.0 Å². The Bertz CT molecular complexity index is 1330. The third-order valence-corrected chi connectivity index (χ3v) is 6.75. The van der Waals surface area contributed by atoms with Crippen molar-refractivity contribution >= 4 is 32.7 Å². The molecular weight excluding hydrogens is 405 g/mol. The van der Waals surface area contributed by atoms with Crippen LogP contribution in [0.25, 0.3) is 21.4 Å². The minimum atomic E-state index is -0.660. The Hall–Kier alpha value is -2.91. The van der Waals surface area contributed by atoms with Crippen LogP contribution in [0.1, 0.15) is 23.9 Å². The highest BCUT2D eigenvalue weighted by molar-refractivity contribution is 7.18. The summed E-state index contributed by atoms with van der Waals surface area (Å²) in [6, 6.07) is 9.21. The topological polar surface area (TPSA) is 73.0 Å². The van der Waals surface area contributed by atoms with Gasteiger partial charge in [-0.25, -0.2) is 14.4 Å². The van der Waals surface area contributed by atoms with Crippen molar-refractivity contribution in [2.24, 2.45) is 7.05 Å². The Morgan fingerprint density at radius 1 is 1.17 bits per heavy atom. The van der Waals surface area contributed by atoms with Gasteiger partial charge in [0.2, 0.25) is 0 Å². The average Bonchev–Trinajstić information content (AvgIpc) is 3.16. The molecule has 0 unspecified atom stereocenters. The molecule has 0 spiro atoms. The Labute approximate surface area is 175 Å². The summed E-state index contributed by atoms with van der Waals surface area (Å²) in [4.78, 5) is 36.3. The van der Waals surface area contributed by atoms with Gasteiger partial charge < -0.3 is 4.57 Å². The lowest BCUT2D eigenvalue weighted by atomic mass is 10.0. The van der Waals surface area contributed by atoms with E-state index in [-0.39, 0.29) is 6.04 Å². The van der Waals surface area contributed by atoms with E-state index in [0.29, 0.717) is 24.0 Å². The normalized spacial score (nSPS) is 15.9. The number of hydrogen-bond acceptors (Lipinski definition) is 6. The molecule has 0 radical (unpaired) electrons. The number of likely N-dealkylation sites (tertiary alicyclic amines) is 1. The van der Waals surface area contributed by atoms with E-state index >= 15 is 0 Å². The summed E-state index contributed by atoms with van der Waals surface area (Å²) in [5, 5.41) is 1.07. The molecule has 4 heterocycles. The van der Waals surface area contributed by atoms with Crippen LogP contribution in [0.4, 0.5) is 4.39 Å². The monoisotopic (exact) mass is 425 g/mol. The molecule has 4 aromatic rings. The highest BCUT2D eigenvalue weighted by Gasteiger charge is 2.25. The average molecular weight is 425 g/mol. The molecular formula is C21H20FN5O2S. The van der Waals surface area contributed by atoms with Crippen LogP contribution in [0.15, 0.2) is 46.1 Å². The van der Waals surface area contributed by atoms with Gasteiger partial charge >= 0.3 is 11.1 Å². The van der Waals surface area contributed by atoms with Crippen LogP contribution in [-0.2, 0) is 13.6 Å². The predicted octanol–water partition coefficient (Wildman–Crippen LogP) is 2.68. The fourth-order valence-electron chi connectivity index (χ4n) is 4.16. The molecule has 0 atom stereocenters. The summed E-state index contributed by atoms with van der Waals surface area (Å²) >= 11 is 1.70. The molecule has 0 saturated carbocycles. The third-order valence-electron chi connectivity index (χ3n) is 5.73. The Kier molecular flexibility index (Phi) is 4.71. The fraction of sp³-hybridized carbons (Fsp3) is 0.333. The van der Waals surface area contributed by atoms with Crippen LogP contribution < -0.4 is 11.1 Å². The summed E-state index contributed by atoms with van der Waals surface area (Å²) < 4.78 is 17.5. The molecule has 0 N–H and O–H groups in total. The van der Waals surface area contributed by atoms with Crippen molar-refractivity contribution in [2.75, 3.05) is 13.1 Å². The number of fused-ring (bicyclic) bond motifs is 2. The molecule has 1 saturated heterocycles. The first-order chi connectivity index (χ1) is 14.5. The van der Waals surface area contributed by atoms with Crippen molar-refractivity contribution < 1.29 is 4.39 Å². The smallest absolute Gasteiger partial charge is 0.304 e. The number of hydrogen-bond donors (Lipinski definition) is 0. The Balaban J connectivity index is 1.39. The van der Waals surface area contributed by atoms with Crippen LogP contribution in [0.5, 0.6) is 0 Å². The zero-order chi connectivity index (χ0) is 20.8. The first-order valence-electron chi connectivity index (χ1n) is 9.85. The van der Waals surface area contributed by atoms with Gasteiger partial charge in [0.25, 0.3) is 0 Å². The maximum absolute atomic E-state index is 13.7. The molecule has 3 aromatic heterocycles. The van der Waals surface area contributed by atoms with E-state index in [1.807, 2.05) is 18.2 Å². The Morgan fingerprint density at radius 2 is 1.93 bits per heavy atom. The van der Waals surface area contributed by atoms with E-state index in [9.17, 15) is 14.0 Å². The first-order valence-corrected chi connectivity index (χ1v) is 10.7. The quantitative estimate of drug-likeness (QED) is 0.472. The van der Waals surface area contributed by atoms with Gasteiger partial charge in [-0.1, -0.05) is 12.1 Å². The number of aromatic nitrogens is 4. The lowest BCUT2D eigenvalue weighted by Crippen LogP contribution is -2.45. The van der Waals surface area contributed by atoms with Crippen LogP contribution >= 0.6 is 11.3 Å². The van der Waals surface area contributed by atoms with E-state index in [0.717, 1.165) is 36.4 Å². The summed E-state index contributed by atoms with van der Waals surface area (Å²) in [5.74, 6) is -0.534. The van der Waals surface area contributed by atoms with Gasteiger partial charge in [-0.05, 0) is 25.0 Å². The van der Waals surface area contributed by atoms with Gasteiger partial charge in [-0.15, -0.1) is 11.3 Å². The molecule has 0 bridgehead atoms. The number of thiazole rings is 1. The highest BCUT2D eigenvalue weighted by atomic mass is 32.1. The van der Waals surface area contributed by atoms with Crippen LogP contribution in [0, 0.1) is 5.82 Å². The van der Waals surface area contributed by atoms with Crippen molar-refractivity contribution in [1.29, 1.82) is 0 Å². The molecule has 30 heavy (non-hydrogen) atoms. The lowest BCUT2D eigenvalue weighted by Gasteiger charge is -2.32. The first kappa shape index (κ1) is 19.1. The summed E-state index contributed by atoms with van der Waals surface area (Å²) in [6.45, 7) is 2.33. The molecule has 1 aromatic carbocycles. The fourth-order valence-corrected chi connectivity index (χ4v) is 5.17. The number of rotatable bonds is 3. The van der Waals surface area contributed by atoms with Crippen LogP contribution in [0.3, 0.4) is 0 Å². The number of benzene rings is 1. The van der Waals surface area contributed by atoms with E-state index in [1.165, 1.54) is 26.9 Å². The molecule has 1 aliphatic heterocycles. The number of nitrogens with zero attached hydrogens (tertiary/aromatic N) is 5. The number of piperidine rings is 1. The largest absolute Gasteiger partial charge is 0.318 e. The predicted molar refractivity (Wildman–Crippen MR) is 114 cm³/mol.